The molecule has 0 aliphatic carbocycles. The molecule has 0 unspecified atom stereocenters. The van der Waals surface area contributed by atoms with Crippen molar-refractivity contribution in [2.45, 2.75) is 38.3 Å². The third-order valence-electron chi connectivity index (χ3n) is 8.03. The van der Waals surface area contributed by atoms with E-state index in [1.54, 1.807) is 25.4 Å². The predicted octanol–water partition coefficient (Wildman–Crippen LogP) is 7.95. The van der Waals surface area contributed by atoms with Crippen molar-refractivity contribution in [2.24, 2.45) is 0 Å². The maximum atomic E-state index is 9.80. The number of anilines is 2. The van der Waals surface area contributed by atoms with Crippen LogP contribution in [-0.2, 0) is 6.54 Å². The number of aromatic nitrogens is 1. The van der Waals surface area contributed by atoms with Crippen LogP contribution < -0.4 is 10.1 Å². The number of fused-ring (bicyclic) bond motifs is 1. The number of nitrogens with zero attached hydrogens (tertiary/aromatic N) is 4. The molecule has 2 aromatic heterocycles. The Morgan fingerprint density at radius 2 is 1.85 bits per heavy atom. The normalized spacial score (nSPS) is 16.9. The van der Waals surface area contributed by atoms with Gasteiger partial charge in [-0.05, 0) is 68.6 Å². The molecule has 40 heavy (non-hydrogen) atoms. The zero-order valence-electron chi connectivity index (χ0n) is 22.4. The van der Waals surface area contributed by atoms with Crippen molar-refractivity contribution < 1.29 is 4.74 Å². The van der Waals surface area contributed by atoms with Gasteiger partial charge in [-0.1, -0.05) is 35.3 Å². The van der Waals surface area contributed by atoms with Crippen LogP contribution in [0.3, 0.4) is 0 Å². The lowest BCUT2D eigenvalue weighted by Gasteiger charge is -2.36. The summed E-state index contributed by atoms with van der Waals surface area (Å²) in [6.07, 6.45) is 6.89. The van der Waals surface area contributed by atoms with Crippen molar-refractivity contribution in [3.05, 3.63) is 69.1 Å². The second kappa shape index (κ2) is 11.9. The monoisotopic (exact) mass is 591 g/mol. The topological polar surface area (TPSA) is 64.4 Å². The molecule has 0 amide bonds. The molecular weight excluding hydrogens is 561 g/mol. The van der Waals surface area contributed by atoms with Gasteiger partial charge < -0.3 is 15.0 Å². The van der Waals surface area contributed by atoms with Gasteiger partial charge in [-0.25, -0.2) is 0 Å². The fraction of sp³-hybridized carbons (Fsp3) is 0.355. The second-order valence-electron chi connectivity index (χ2n) is 10.5. The average Bonchev–Trinajstić information content (AvgIpc) is 3.68. The Morgan fingerprint density at radius 1 is 1.05 bits per heavy atom. The van der Waals surface area contributed by atoms with E-state index in [4.69, 9.17) is 27.9 Å². The van der Waals surface area contributed by atoms with E-state index in [9.17, 15) is 5.26 Å². The summed E-state index contributed by atoms with van der Waals surface area (Å²) in [4.78, 5) is 12.5. The first kappa shape index (κ1) is 27.3. The molecule has 9 heteroatoms. The largest absolute Gasteiger partial charge is 0.495 e. The van der Waals surface area contributed by atoms with Gasteiger partial charge in [-0.2, -0.15) is 5.26 Å². The van der Waals surface area contributed by atoms with Crippen LogP contribution in [0.2, 0.25) is 10.0 Å². The van der Waals surface area contributed by atoms with E-state index < -0.39 is 0 Å². The molecule has 0 radical (unpaired) electrons. The van der Waals surface area contributed by atoms with Gasteiger partial charge in [0.05, 0.1) is 39.6 Å². The van der Waals surface area contributed by atoms with Crippen molar-refractivity contribution in [3.63, 3.8) is 0 Å². The van der Waals surface area contributed by atoms with Crippen molar-refractivity contribution in [1.29, 1.82) is 5.26 Å². The van der Waals surface area contributed by atoms with Gasteiger partial charge >= 0.3 is 0 Å². The summed E-state index contributed by atoms with van der Waals surface area (Å²) >= 11 is 14.5. The lowest BCUT2D eigenvalue weighted by Crippen LogP contribution is -2.43. The number of likely N-dealkylation sites (tertiary alicyclic amines) is 2. The summed E-state index contributed by atoms with van der Waals surface area (Å²) in [6.45, 7) is 5.94. The highest BCUT2D eigenvalue weighted by Gasteiger charge is 2.26. The number of nitrogens with one attached hydrogen (secondary N) is 1. The van der Waals surface area contributed by atoms with E-state index in [1.165, 1.54) is 61.6 Å². The van der Waals surface area contributed by atoms with Crippen LogP contribution in [0.5, 0.6) is 5.75 Å². The minimum Gasteiger partial charge on any atom is -0.495 e. The molecule has 2 aliphatic heterocycles. The Balaban J connectivity index is 1.20. The van der Waals surface area contributed by atoms with Crippen LogP contribution in [0.1, 0.15) is 36.1 Å². The maximum absolute atomic E-state index is 9.80. The number of pyridine rings is 1. The van der Waals surface area contributed by atoms with Gasteiger partial charge in [-0.3, -0.25) is 9.88 Å². The molecule has 206 valence electrons. The van der Waals surface area contributed by atoms with Gasteiger partial charge in [-0.15, -0.1) is 11.3 Å². The lowest BCUT2D eigenvalue weighted by molar-refractivity contribution is 0.123. The first-order valence-electron chi connectivity index (χ1n) is 13.7. The van der Waals surface area contributed by atoms with Crippen LogP contribution in [0.4, 0.5) is 11.4 Å². The Morgan fingerprint density at radius 3 is 2.60 bits per heavy atom. The van der Waals surface area contributed by atoms with Crippen LogP contribution in [0, 0.1) is 11.3 Å². The maximum Gasteiger partial charge on any atom is 0.139 e. The smallest absolute Gasteiger partial charge is 0.139 e. The minimum atomic E-state index is 0.421. The van der Waals surface area contributed by atoms with E-state index in [2.05, 4.69) is 50.4 Å². The SMILES string of the molecule is COc1cc(Nc2c(C#N)cnc3cc(-c4ccc(CN5CCC(N6CCCC6)CC5)s4)ccc23)c(Cl)cc1Cl. The fourth-order valence-corrected chi connectivity index (χ4v) is 7.42. The van der Waals surface area contributed by atoms with Crippen molar-refractivity contribution in [1.82, 2.24) is 14.8 Å². The number of benzene rings is 2. The summed E-state index contributed by atoms with van der Waals surface area (Å²) in [5.41, 5.74) is 3.59. The highest BCUT2D eigenvalue weighted by atomic mass is 35.5. The van der Waals surface area contributed by atoms with E-state index in [-0.39, 0.29) is 0 Å². The van der Waals surface area contributed by atoms with E-state index in [1.807, 2.05) is 17.4 Å². The first-order chi connectivity index (χ1) is 19.5. The number of rotatable bonds is 7. The zero-order valence-corrected chi connectivity index (χ0v) is 24.7. The van der Waals surface area contributed by atoms with Crippen molar-refractivity contribution in [2.75, 3.05) is 38.6 Å². The predicted molar refractivity (Wildman–Crippen MR) is 165 cm³/mol. The summed E-state index contributed by atoms with van der Waals surface area (Å²) in [5, 5.41) is 14.8. The summed E-state index contributed by atoms with van der Waals surface area (Å²) in [5.74, 6) is 0.497. The van der Waals surface area contributed by atoms with Crippen molar-refractivity contribution in [3.8, 4) is 22.3 Å². The Labute approximate surface area is 249 Å². The molecule has 0 atom stereocenters. The summed E-state index contributed by atoms with van der Waals surface area (Å²) < 4.78 is 5.35. The minimum absolute atomic E-state index is 0.421. The Bertz CT molecular complexity index is 1570. The lowest BCUT2D eigenvalue weighted by atomic mass is 10.0. The van der Waals surface area contributed by atoms with Crippen LogP contribution in [-0.4, -0.2) is 54.1 Å². The van der Waals surface area contributed by atoms with E-state index >= 15 is 0 Å². The number of thiophene rings is 1. The quantitative estimate of drug-likeness (QED) is 0.235. The molecule has 0 saturated carbocycles. The number of piperidine rings is 1. The molecule has 4 heterocycles. The van der Waals surface area contributed by atoms with Gasteiger partial charge in [0.1, 0.15) is 11.8 Å². The van der Waals surface area contributed by atoms with Crippen LogP contribution in [0.15, 0.2) is 48.7 Å². The molecule has 0 bridgehead atoms. The molecular formula is C31H31Cl2N5OS. The van der Waals surface area contributed by atoms with Crippen LogP contribution >= 0.6 is 34.5 Å². The Kier molecular flexibility index (Phi) is 8.15. The molecule has 2 fully saturated rings. The number of ether oxygens (including phenoxy) is 1. The van der Waals surface area contributed by atoms with E-state index in [0.29, 0.717) is 32.7 Å². The van der Waals surface area contributed by atoms with Gasteiger partial charge in [0, 0.05) is 53.1 Å². The molecule has 2 aliphatic rings. The number of nitriles is 1. The van der Waals surface area contributed by atoms with Crippen LogP contribution in [0.25, 0.3) is 21.3 Å². The summed E-state index contributed by atoms with van der Waals surface area (Å²) in [6, 6.07) is 17.0. The molecule has 2 aromatic carbocycles. The molecule has 0 spiro atoms. The zero-order chi connectivity index (χ0) is 27.6. The number of halogens is 2. The molecule has 6 nitrogen and oxygen atoms in total. The highest BCUT2D eigenvalue weighted by molar-refractivity contribution is 7.15. The average molecular weight is 593 g/mol. The van der Waals surface area contributed by atoms with Crippen molar-refractivity contribution >= 4 is 56.8 Å². The first-order valence-corrected chi connectivity index (χ1v) is 15.3. The second-order valence-corrected chi connectivity index (χ2v) is 12.5. The number of methoxy groups -OCH3 is 1. The standard InChI is InChI=1S/C31H31Cl2N5OS/c1-39-29-16-28(25(32)15-26(29)33)36-31-21(17-34)18-35-27-14-20(4-6-24(27)31)30-7-5-23(40-30)19-37-12-8-22(9-13-37)38-10-2-3-11-38/h4-7,14-16,18,22H,2-3,8-13,19H2,1H3,(H,35,36). The molecule has 1 N–H and O–H groups in total. The van der Waals surface area contributed by atoms with Gasteiger partial charge in [0.15, 0.2) is 0 Å². The van der Waals surface area contributed by atoms with E-state index in [0.717, 1.165) is 29.1 Å². The highest BCUT2D eigenvalue weighted by Crippen LogP contribution is 2.39. The molecule has 6 rings (SSSR count). The van der Waals surface area contributed by atoms with Gasteiger partial charge in [0.2, 0.25) is 0 Å². The molecule has 2 saturated heterocycles. The third kappa shape index (κ3) is 5.65. The number of hydrogen-bond donors (Lipinski definition) is 1. The Hall–Kier alpha value is -2.86. The fourth-order valence-electron chi connectivity index (χ4n) is 5.87. The summed E-state index contributed by atoms with van der Waals surface area (Å²) in [7, 11) is 1.55. The van der Waals surface area contributed by atoms with Gasteiger partial charge in [0.25, 0.3) is 0 Å². The number of hydrogen-bond acceptors (Lipinski definition) is 7. The third-order valence-corrected chi connectivity index (χ3v) is 9.76. The molecule has 4 aromatic rings.